The number of nitrogens with one attached hydrogen (secondary N) is 3. The first-order valence-corrected chi connectivity index (χ1v) is 13.5. The van der Waals surface area contributed by atoms with Gasteiger partial charge in [0.25, 0.3) is 5.91 Å². The lowest BCUT2D eigenvalue weighted by Gasteiger charge is -2.27. The highest BCUT2D eigenvalue weighted by atomic mass is 79.9. The van der Waals surface area contributed by atoms with Crippen LogP contribution in [0.4, 0.5) is 11.4 Å². The molecule has 0 aliphatic carbocycles. The van der Waals surface area contributed by atoms with Crippen molar-refractivity contribution >= 4 is 49.0 Å². The van der Waals surface area contributed by atoms with Crippen molar-refractivity contribution in [2.45, 2.75) is 25.6 Å². The third-order valence-electron chi connectivity index (χ3n) is 5.49. The second-order valence-corrected chi connectivity index (χ2v) is 10.9. The van der Waals surface area contributed by atoms with Crippen molar-refractivity contribution in [3.05, 3.63) is 58.1 Å². The lowest BCUT2D eigenvalue weighted by Crippen LogP contribution is -2.43. The molecule has 0 radical (unpaired) electrons. The molecular weight excluding hydrogens is 508 g/mol. The molecule has 1 aliphatic rings. The summed E-state index contributed by atoms with van der Waals surface area (Å²) in [5, 5.41) is 8.62. The number of rotatable bonds is 10. The van der Waals surface area contributed by atoms with Crippen molar-refractivity contribution < 1.29 is 18.0 Å². The Kier molecular flexibility index (Phi) is 8.50. The van der Waals surface area contributed by atoms with Crippen LogP contribution >= 0.6 is 15.9 Å². The molecule has 3 N–H and O–H groups in total. The van der Waals surface area contributed by atoms with E-state index in [0.717, 1.165) is 24.1 Å². The van der Waals surface area contributed by atoms with E-state index >= 15 is 0 Å². The Morgan fingerprint density at radius 1 is 1.12 bits per heavy atom. The summed E-state index contributed by atoms with van der Waals surface area (Å²) in [7, 11) is -3.54. The van der Waals surface area contributed by atoms with Gasteiger partial charge in [-0.3, -0.25) is 9.59 Å². The summed E-state index contributed by atoms with van der Waals surface area (Å²) in [6.45, 7) is 7.27. The van der Waals surface area contributed by atoms with E-state index in [1.54, 1.807) is 36.4 Å². The number of likely N-dealkylation sites (N-methyl/N-ethyl adjacent to an activating group) is 1. The van der Waals surface area contributed by atoms with Gasteiger partial charge in [-0.1, -0.05) is 41.9 Å². The molecule has 2 amide bonds. The van der Waals surface area contributed by atoms with Crippen LogP contribution in [0.2, 0.25) is 0 Å². The van der Waals surface area contributed by atoms with Gasteiger partial charge in [0.15, 0.2) is 9.84 Å². The molecule has 0 fully saturated rings. The van der Waals surface area contributed by atoms with Crippen LogP contribution in [0.1, 0.15) is 29.8 Å². The van der Waals surface area contributed by atoms with E-state index in [0.29, 0.717) is 29.0 Å². The van der Waals surface area contributed by atoms with E-state index < -0.39 is 21.8 Å². The number of carbonyl (C=O) groups is 2. The molecule has 8 nitrogen and oxygen atoms in total. The minimum absolute atomic E-state index is 0.155. The lowest BCUT2D eigenvalue weighted by atomic mass is 10.1. The van der Waals surface area contributed by atoms with Gasteiger partial charge in [-0.2, -0.15) is 0 Å². The molecule has 0 aromatic heterocycles. The van der Waals surface area contributed by atoms with Gasteiger partial charge in [-0.05, 0) is 49.0 Å². The Hall–Kier alpha value is -2.43. The number of anilines is 2. The third kappa shape index (κ3) is 7.02. The normalized spacial score (nSPS) is 15.5. The Bertz CT molecular complexity index is 1120. The zero-order chi connectivity index (χ0) is 24.0. The van der Waals surface area contributed by atoms with Crippen LogP contribution in [0.5, 0.6) is 0 Å². The zero-order valence-electron chi connectivity index (χ0n) is 18.7. The molecule has 0 bridgehead atoms. The average molecular weight is 537 g/mol. The molecule has 1 heterocycles. The van der Waals surface area contributed by atoms with E-state index in [1.807, 2.05) is 6.07 Å². The SMILES string of the molecule is CCN(CC)CCNC(=O)c1ccc2c(c1)NC(=O)[C@H](CS(=O)(=O)Cc1cccc(Br)c1)N2. The van der Waals surface area contributed by atoms with Crippen molar-refractivity contribution in [3.63, 3.8) is 0 Å². The molecule has 3 rings (SSSR count). The molecule has 2 aromatic carbocycles. The number of hydrogen-bond acceptors (Lipinski definition) is 6. The average Bonchev–Trinajstić information content (AvgIpc) is 2.76. The number of nitrogens with zero attached hydrogens (tertiary/aromatic N) is 1. The Labute approximate surface area is 203 Å². The van der Waals surface area contributed by atoms with Crippen LogP contribution in [-0.4, -0.2) is 63.1 Å². The molecular formula is C23H29BrN4O4S. The maximum absolute atomic E-state index is 12.7. The first-order valence-electron chi connectivity index (χ1n) is 10.9. The van der Waals surface area contributed by atoms with Gasteiger partial charge in [0.2, 0.25) is 5.91 Å². The fourth-order valence-electron chi connectivity index (χ4n) is 3.67. The summed E-state index contributed by atoms with van der Waals surface area (Å²) in [6, 6.07) is 11.1. The first-order chi connectivity index (χ1) is 15.7. The lowest BCUT2D eigenvalue weighted by molar-refractivity contribution is -0.116. The maximum Gasteiger partial charge on any atom is 0.251 e. The molecule has 0 spiro atoms. The minimum Gasteiger partial charge on any atom is -0.371 e. The van der Waals surface area contributed by atoms with Crippen molar-refractivity contribution in [1.82, 2.24) is 10.2 Å². The number of fused-ring (bicyclic) bond motifs is 1. The van der Waals surface area contributed by atoms with Gasteiger partial charge in [0, 0.05) is 23.1 Å². The van der Waals surface area contributed by atoms with Gasteiger partial charge in [0.1, 0.15) is 6.04 Å². The number of carbonyl (C=O) groups excluding carboxylic acids is 2. The van der Waals surface area contributed by atoms with E-state index in [-0.39, 0.29) is 17.4 Å². The van der Waals surface area contributed by atoms with Crippen LogP contribution in [-0.2, 0) is 20.4 Å². The molecule has 1 aliphatic heterocycles. The number of benzene rings is 2. The summed E-state index contributed by atoms with van der Waals surface area (Å²) in [6.07, 6.45) is 0. The number of sulfone groups is 1. The largest absolute Gasteiger partial charge is 0.371 e. The molecule has 2 aromatic rings. The molecule has 1 atom stereocenters. The van der Waals surface area contributed by atoms with Gasteiger partial charge < -0.3 is 20.9 Å². The smallest absolute Gasteiger partial charge is 0.251 e. The van der Waals surface area contributed by atoms with E-state index in [1.165, 1.54) is 0 Å². The van der Waals surface area contributed by atoms with Gasteiger partial charge in [0.05, 0.1) is 22.9 Å². The molecule has 10 heteroatoms. The highest BCUT2D eigenvalue weighted by molar-refractivity contribution is 9.10. The van der Waals surface area contributed by atoms with Crippen LogP contribution < -0.4 is 16.0 Å². The highest BCUT2D eigenvalue weighted by Gasteiger charge is 2.30. The summed E-state index contributed by atoms with van der Waals surface area (Å²) in [5.74, 6) is -1.16. The quantitative estimate of drug-likeness (QED) is 0.431. The number of amides is 2. The van der Waals surface area contributed by atoms with Crippen molar-refractivity contribution in [1.29, 1.82) is 0 Å². The summed E-state index contributed by atoms with van der Waals surface area (Å²) in [4.78, 5) is 27.3. The molecule has 178 valence electrons. The zero-order valence-corrected chi connectivity index (χ0v) is 21.1. The van der Waals surface area contributed by atoms with Crippen LogP contribution in [0.25, 0.3) is 0 Å². The Morgan fingerprint density at radius 2 is 1.88 bits per heavy atom. The van der Waals surface area contributed by atoms with Gasteiger partial charge in [-0.15, -0.1) is 0 Å². The molecule has 0 unspecified atom stereocenters. The second kappa shape index (κ2) is 11.1. The van der Waals surface area contributed by atoms with E-state index in [4.69, 9.17) is 0 Å². The standard InChI is InChI=1S/C23H29BrN4O4S/c1-3-28(4-2)11-10-25-22(29)17-8-9-19-20(13-17)27-23(30)21(26-19)15-33(31,32)14-16-6-5-7-18(24)12-16/h5-9,12-13,21,26H,3-4,10-11,14-15H2,1-2H3,(H,25,29)(H,27,30)/t21-/m0/s1. The van der Waals surface area contributed by atoms with E-state index in [9.17, 15) is 18.0 Å². The predicted molar refractivity (Wildman–Crippen MR) is 134 cm³/mol. The van der Waals surface area contributed by atoms with Crippen LogP contribution in [0, 0.1) is 0 Å². The number of hydrogen-bond donors (Lipinski definition) is 3. The van der Waals surface area contributed by atoms with Gasteiger partial charge >= 0.3 is 0 Å². The van der Waals surface area contributed by atoms with Crippen molar-refractivity contribution in [2.24, 2.45) is 0 Å². The summed E-state index contributed by atoms with van der Waals surface area (Å²) in [5.41, 5.74) is 2.11. The van der Waals surface area contributed by atoms with Crippen molar-refractivity contribution in [3.8, 4) is 0 Å². The summed E-state index contributed by atoms with van der Waals surface area (Å²) >= 11 is 3.34. The molecule has 0 saturated carbocycles. The van der Waals surface area contributed by atoms with Crippen LogP contribution in [0.3, 0.4) is 0 Å². The number of halogens is 1. The fraction of sp³-hybridized carbons (Fsp3) is 0.391. The molecule has 33 heavy (non-hydrogen) atoms. The van der Waals surface area contributed by atoms with Crippen LogP contribution in [0.15, 0.2) is 46.9 Å². The fourth-order valence-corrected chi connectivity index (χ4v) is 5.66. The van der Waals surface area contributed by atoms with Gasteiger partial charge in [-0.25, -0.2) is 8.42 Å². The minimum atomic E-state index is -3.54. The Morgan fingerprint density at radius 3 is 2.58 bits per heavy atom. The van der Waals surface area contributed by atoms with Crippen molar-refractivity contribution in [2.75, 3.05) is 42.6 Å². The second-order valence-electron chi connectivity index (χ2n) is 7.91. The third-order valence-corrected chi connectivity index (χ3v) is 7.60. The topological polar surface area (TPSA) is 108 Å². The monoisotopic (exact) mass is 536 g/mol. The Balaban J connectivity index is 1.62. The van der Waals surface area contributed by atoms with E-state index in [2.05, 4.69) is 50.6 Å². The summed E-state index contributed by atoms with van der Waals surface area (Å²) < 4.78 is 26.2. The first kappa shape index (κ1) is 25.2. The predicted octanol–water partition coefficient (Wildman–Crippen LogP) is 2.87. The highest BCUT2D eigenvalue weighted by Crippen LogP contribution is 2.28. The maximum atomic E-state index is 12.7. The molecule has 0 saturated heterocycles.